The Bertz CT molecular complexity index is 1290. The van der Waals surface area contributed by atoms with Crippen LogP contribution in [0.25, 0.3) is 6.08 Å². The van der Waals surface area contributed by atoms with Crippen molar-refractivity contribution >= 4 is 50.6 Å². The predicted molar refractivity (Wildman–Crippen MR) is 142 cm³/mol. The highest BCUT2D eigenvalue weighted by Gasteiger charge is 2.37. The van der Waals surface area contributed by atoms with Crippen LogP contribution < -0.4 is 19.1 Å². The van der Waals surface area contributed by atoms with Crippen LogP contribution in [-0.2, 0) is 11.4 Å². The predicted octanol–water partition coefficient (Wildman–Crippen LogP) is 6.98. The number of rotatable bonds is 8. The summed E-state index contributed by atoms with van der Waals surface area (Å²) in [6.07, 6.45) is 1.68. The van der Waals surface area contributed by atoms with Gasteiger partial charge in [-0.25, -0.2) is 4.90 Å². The first kappa shape index (κ1) is 24.9. The fraction of sp³-hybridized carbons (Fsp3) is 0.185. The lowest BCUT2D eigenvalue weighted by Gasteiger charge is -2.16. The van der Waals surface area contributed by atoms with Crippen molar-refractivity contribution < 1.29 is 23.8 Å². The number of methoxy groups -OCH3 is 1. The lowest BCUT2D eigenvalue weighted by atomic mass is 10.1. The number of imide groups is 1. The molecule has 2 amide bonds. The number of hydrogen-bond donors (Lipinski definition) is 0. The zero-order valence-corrected chi connectivity index (χ0v) is 21.9. The molecule has 0 unspecified atom stereocenters. The summed E-state index contributed by atoms with van der Waals surface area (Å²) in [5, 5.41) is -0.382. The molecule has 0 aliphatic carbocycles. The van der Waals surface area contributed by atoms with E-state index < -0.39 is 5.91 Å². The fourth-order valence-electron chi connectivity index (χ4n) is 3.56. The van der Waals surface area contributed by atoms with Crippen LogP contribution in [0, 0.1) is 6.92 Å². The van der Waals surface area contributed by atoms with E-state index in [0.29, 0.717) is 51.1 Å². The zero-order chi connectivity index (χ0) is 24.9. The highest BCUT2D eigenvalue weighted by molar-refractivity contribution is 9.10. The maximum atomic E-state index is 13.1. The largest absolute Gasteiger partial charge is 0.495 e. The molecule has 0 spiro atoms. The van der Waals surface area contributed by atoms with E-state index in [1.54, 1.807) is 36.4 Å². The molecule has 180 valence electrons. The number of para-hydroxylation sites is 2. The summed E-state index contributed by atoms with van der Waals surface area (Å²) >= 11 is 4.46. The van der Waals surface area contributed by atoms with Gasteiger partial charge in [0.05, 0.1) is 28.8 Å². The average molecular weight is 554 g/mol. The maximum absolute atomic E-state index is 13.1. The third-order valence-electron chi connectivity index (χ3n) is 5.25. The molecule has 1 heterocycles. The minimum Gasteiger partial charge on any atom is -0.495 e. The number of anilines is 1. The molecular formula is C27H24BrNO5S. The number of aryl methyl sites for hydroxylation is 1. The third kappa shape index (κ3) is 5.55. The average Bonchev–Trinajstić information content (AvgIpc) is 3.12. The summed E-state index contributed by atoms with van der Waals surface area (Å²) in [4.78, 5) is 27.3. The molecule has 0 radical (unpaired) electrons. The van der Waals surface area contributed by atoms with Crippen molar-refractivity contribution in [2.24, 2.45) is 0 Å². The number of halogens is 1. The smallest absolute Gasteiger partial charge is 0.298 e. The van der Waals surface area contributed by atoms with E-state index in [1.165, 1.54) is 12.7 Å². The van der Waals surface area contributed by atoms with E-state index in [9.17, 15) is 9.59 Å². The Kier molecular flexibility index (Phi) is 7.83. The molecule has 6 nitrogen and oxygen atoms in total. The van der Waals surface area contributed by atoms with Crippen molar-refractivity contribution in [1.82, 2.24) is 0 Å². The Labute approximate surface area is 217 Å². The van der Waals surface area contributed by atoms with Gasteiger partial charge in [-0.1, -0.05) is 42.0 Å². The van der Waals surface area contributed by atoms with Gasteiger partial charge >= 0.3 is 0 Å². The quantitative estimate of drug-likeness (QED) is 0.280. The van der Waals surface area contributed by atoms with Crippen LogP contribution in [-0.4, -0.2) is 24.9 Å². The number of carbonyl (C=O) groups excluding carboxylic acids is 2. The maximum Gasteiger partial charge on any atom is 0.298 e. The Morgan fingerprint density at radius 2 is 1.74 bits per heavy atom. The molecule has 0 N–H and O–H groups in total. The van der Waals surface area contributed by atoms with Gasteiger partial charge in [-0.3, -0.25) is 9.59 Å². The van der Waals surface area contributed by atoms with E-state index in [-0.39, 0.29) is 5.24 Å². The van der Waals surface area contributed by atoms with Gasteiger partial charge in [0.25, 0.3) is 11.1 Å². The molecule has 0 bridgehead atoms. The van der Waals surface area contributed by atoms with E-state index in [4.69, 9.17) is 14.2 Å². The Balaban J connectivity index is 1.61. The van der Waals surface area contributed by atoms with Gasteiger partial charge in [0.2, 0.25) is 0 Å². The molecular weight excluding hydrogens is 530 g/mol. The van der Waals surface area contributed by atoms with Crippen LogP contribution in [0.3, 0.4) is 0 Å². The van der Waals surface area contributed by atoms with Gasteiger partial charge in [0.15, 0.2) is 11.5 Å². The number of benzene rings is 3. The van der Waals surface area contributed by atoms with E-state index >= 15 is 0 Å². The monoisotopic (exact) mass is 553 g/mol. The molecule has 3 aromatic rings. The Hall–Kier alpha value is -3.23. The van der Waals surface area contributed by atoms with E-state index in [0.717, 1.165) is 22.2 Å². The highest BCUT2D eigenvalue weighted by Crippen LogP contribution is 2.42. The summed E-state index contributed by atoms with van der Waals surface area (Å²) in [5.74, 6) is 1.17. The van der Waals surface area contributed by atoms with E-state index in [2.05, 4.69) is 15.9 Å². The fourth-order valence-corrected chi connectivity index (χ4v) is 4.96. The second kappa shape index (κ2) is 11.0. The van der Waals surface area contributed by atoms with Crippen molar-refractivity contribution in [3.63, 3.8) is 0 Å². The molecule has 35 heavy (non-hydrogen) atoms. The second-order valence-corrected chi connectivity index (χ2v) is 9.57. The van der Waals surface area contributed by atoms with Crippen LogP contribution in [0.1, 0.15) is 23.6 Å². The van der Waals surface area contributed by atoms with Crippen molar-refractivity contribution in [3.05, 3.63) is 86.7 Å². The molecule has 1 aliphatic rings. The summed E-state index contributed by atoms with van der Waals surface area (Å²) in [5.41, 5.74) is 3.34. The Morgan fingerprint density at radius 1 is 1.00 bits per heavy atom. The molecule has 1 fully saturated rings. The van der Waals surface area contributed by atoms with Crippen molar-refractivity contribution in [2.45, 2.75) is 20.5 Å². The third-order valence-corrected chi connectivity index (χ3v) is 6.71. The number of hydrogen-bond acceptors (Lipinski definition) is 6. The summed E-state index contributed by atoms with van der Waals surface area (Å²) in [6, 6.07) is 18.7. The van der Waals surface area contributed by atoms with Gasteiger partial charge in [0, 0.05) is 0 Å². The molecule has 8 heteroatoms. The van der Waals surface area contributed by atoms with Gasteiger partial charge in [-0.2, -0.15) is 0 Å². The second-order valence-electron chi connectivity index (χ2n) is 7.73. The summed E-state index contributed by atoms with van der Waals surface area (Å²) in [6.45, 7) is 4.76. The number of thioether (sulfide) groups is 1. The molecule has 1 saturated heterocycles. The SMILES string of the molecule is CCOc1cc(/C=C2\SC(=O)N(c3ccccc3OC)C2=O)cc(Br)c1OCc1ccc(C)cc1. The number of carbonyl (C=O) groups is 2. The standard InChI is InChI=1S/C27H24BrNO5S/c1-4-33-23-14-19(13-20(28)25(23)34-16-18-11-9-17(2)10-12-18)15-24-26(30)29(27(31)35-24)21-7-5-6-8-22(21)32-3/h5-15H,4,16H2,1-3H3/b24-15-. The molecule has 3 aromatic carbocycles. The van der Waals surface area contributed by atoms with Crippen LogP contribution in [0.15, 0.2) is 70.0 Å². The topological polar surface area (TPSA) is 65.1 Å². The molecule has 0 atom stereocenters. The molecule has 0 aromatic heterocycles. The number of ether oxygens (including phenoxy) is 3. The van der Waals surface area contributed by atoms with Crippen LogP contribution >= 0.6 is 27.7 Å². The van der Waals surface area contributed by atoms with Gasteiger partial charge < -0.3 is 14.2 Å². The highest BCUT2D eigenvalue weighted by atomic mass is 79.9. The first-order valence-corrected chi connectivity index (χ1v) is 12.6. The molecule has 4 rings (SSSR count). The normalized spacial score (nSPS) is 14.5. The number of nitrogens with zero attached hydrogens (tertiary/aromatic N) is 1. The summed E-state index contributed by atoms with van der Waals surface area (Å²) in [7, 11) is 1.50. The lowest BCUT2D eigenvalue weighted by Crippen LogP contribution is -2.28. The lowest BCUT2D eigenvalue weighted by molar-refractivity contribution is -0.113. The van der Waals surface area contributed by atoms with Crippen LogP contribution in [0.4, 0.5) is 10.5 Å². The minimum absolute atomic E-state index is 0.309. The van der Waals surface area contributed by atoms with Crippen molar-refractivity contribution in [3.8, 4) is 17.2 Å². The minimum atomic E-state index is -0.404. The zero-order valence-electron chi connectivity index (χ0n) is 19.5. The summed E-state index contributed by atoms with van der Waals surface area (Å²) < 4.78 is 17.9. The number of amides is 2. The molecule has 0 saturated carbocycles. The van der Waals surface area contributed by atoms with Gasteiger partial charge in [-0.05, 0) is 83.0 Å². The van der Waals surface area contributed by atoms with Gasteiger partial charge in [-0.15, -0.1) is 0 Å². The first-order valence-electron chi connectivity index (χ1n) is 11.0. The van der Waals surface area contributed by atoms with Gasteiger partial charge in [0.1, 0.15) is 12.4 Å². The van der Waals surface area contributed by atoms with Crippen LogP contribution in [0.2, 0.25) is 0 Å². The van der Waals surface area contributed by atoms with Crippen molar-refractivity contribution in [2.75, 3.05) is 18.6 Å². The molecule has 1 aliphatic heterocycles. The van der Waals surface area contributed by atoms with Crippen LogP contribution in [0.5, 0.6) is 17.2 Å². The first-order chi connectivity index (χ1) is 16.9. The Morgan fingerprint density at radius 3 is 2.46 bits per heavy atom. The van der Waals surface area contributed by atoms with E-state index in [1.807, 2.05) is 44.2 Å². The van der Waals surface area contributed by atoms with Crippen molar-refractivity contribution in [1.29, 1.82) is 0 Å².